The van der Waals surface area contributed by atoms with Crippen LogP contribution in [0, 0.1) is 18.3 Å². The number of amides is 1. The number of rotatable bonds is 8. The minimum atomic E-state index is -2.77. The number of fused-ring (bicyclic) bond motifs is 2. The van der Waals surface area contributed by atoms with Crippen molar-refractivity contribution in [3.05, 3.63) is 65.4 Å². The molecule has 2 aromatic carbocycles. The molecule has 242 valence electrons. The number of hydrogen-bond donors (Lipinski definition) is 0. The molecule has 0 saturated carbocycles. The Hall–Kier alpha value is -4.37. The van der Waals surface area contributed by atoms with E-state index in [9.17, 15) is 23.2 Å². The fourth-order valence-electron chi connectivity index (χ4n) is 6.96. The maximum Gasteiger partial charge on any atom is 0.318 e. The van der Waals surface area contributed by atoms with Gasteiger partial charge in [-0.15, -0.1) is 0 Å². The molecule has 9 nitrogen and oxygen atoms in total. The molecule has 4 heterocycles. The van der Waals surface area contributed by atoms with Gasteiger partial charge in [0.1, 0.15) is 19.1 Å². The van der Waals surface area contributed by atoms with Gasteiger partial charge >= 0.3 is 6.01 Å². The molecule has 2 saturated heterocycles. The third kappa shape index (κ3) is 6.47. The number of ether oxygens (including phenoxy) is 1. The molecule has 6 rings (SSSR count). The second-order valence-electron chi connectivity index (χ2n) is 12.4. The summed E-state index contributed by atoms with van der Waals surface area (Å²) < 4.78 is 46.9. The number of aryl methyl sites for hydroxylation is 1. The van der Waals surface area contributed by atoms with Crippen molar-refractivity contribution in [2.45, 2.75) is 50.7 Å². The summed E-state index contributed by atoms with van der Waals surface area (Å²) in [5.74, 6) is -2.42. The van der Waals surface area contributed by atoms with Gasteiger partial charge in [-0.1, -0.05) is 30.3 Å². The molecule has 3 aliphatic heterocycles. The summed E-state index contributed by atoms with van der Waals surface area (Å²) in [5, 5.41) is 11.9. The Morgan fingerprint density at radius 1 is 1.13 bits per heavy atom. The molecule has 0 spiro atoms. The molecule has 12 heteroatoms. The van der Waals surface area contributed by atoms with Gasteiger partial charge in [0, 0.05) is 61.4 Å². The molecule has 3 aliphatic rings. The topological polar surface area (TPSA) is 88.8 Å². The van der Waals surface area contributed by atoms with Crippen LogP contribution in [0.25, 0.3) is 10.8 Å². The van der Waals surface area contributed by atoms with E-state index in [-0.39, 0.29) is 37.9 Å². The Bertz CT molecular complexity index is 1670. The van der Waals surface area contributed by atoms with Crippen LogP contribution in [0.3, 0.4) is 0 Å². The zero-order valence-electron chi connectivity index (χ0n) is 26.1. The standard InChI is InChI=1S/C34H38F3N7O2/c1-23-6-3-7-24-8-4-9-29(31(23)24)42-15-12-27-28(20-42)39-33(46-21-26-18-34(36,37)22-41(26)2)40-32(27)43-16-17-44(25(19-43)11-14-38)30(45)10-5-13-35/h3-10,25-26H,11-13,15-22H2,1-2H3/b10-5+/t25-,26-/m0/s1. The summed E-state index contributed by atoms with van der Waals surface area (Å²) in [5.41, 5.74) is 4.06. The Balaban J connectivity index is 1.32. The largest absolute Gasteiger partial charge is 0.462 e. The van der Waals surface area contributed by atoms with Crippen molar-refractivity contribution in [2.75, 3.05) is 62.9 Å². The van der Waals surface area contributed by atoms with Crippen molar-refractivity contribution in [3.8, 4) is 12.1 Å². The number of nitrogens with zero attached hydrogens (tertiary/aromatic N) is 7. The van der Waals surface area contributed by atoms with E-state index in [4.69, 9.17) is 14.7 Å². The Kier molecular flexibility index (Phi) is 9.04. The fraction of sp³-hybridized carbons (Fsp3) is 0.471. The molecule has 0 aliphatic carbocycles. The van der Waals surface area contributed by atoms with Crippen molar-refractivity contribution in [1.29, 1.82) is 5.26 Å². The zero-order chi connectivity index (χ0) is 32.4. The van der Waals surface area contributed by atoms with Crippen LogP contribution in [-0.4, -0.2) is 96.7 Å². The van der Waals surface area contributed by atoms with E-state index in [1.807, 2.05) is 0 Å². The lowest BCUT2D eigenvalue weighted by molar-refractivity contribution is -0.128. The third-order valence-electron chi connectivity index (χ3n) is 9.24. The predicted octanol–water partition coefficient (Wildman–Crippen LogP) is 4.68. The number of aromatic nitrogens is 2. The van der Waals surface area contributed by atoms with Gasteiger partial charge in [-0.05, 0) is 43.5 Å². The van der Waals surface area contributed by atoms with Crippen LogP contribution in [0.4, 0.5) is 24.7 Å². The van der Waals surface area contributed by atoms with E-state index in [1.54, 1.807) is 16.8 Å². The minimum Gasteiger partial charge on any atom is -0.462 e. The summed E-state index contributed by atoms with van der Waals surface area (Å²) in [7, 11) is 1.66. The summed E-state index contributed by atoms with van der Waals surface area (Å²) in [6, 6.07) is 14.0. The van der Waals surface area contributed by atoms with E-state index < -0.39 is 24.7 Å². The predicted molar refractivity (Wildman–Crippen MR) is 170 cm³/mol. The average Bonchev–Trinajstić information content (AvgIpc) is 3.32. The number of benzene rings is 2. The van der Waals surface area contributed by atoms with Crippen LogP contribution in [0.15, 0.2) is 48.6 Å². The quantitative estimate of drug-likeness (QED) is 0.331. The molecule has 3 aromatic rings. The number of carbonyl (C=O) groups is 1. The highest BCUT2D eigenvalue weighted by molar-refractivity contribution is 5.97. The summed E-state index contributed by atoms with van der Waals surface area (Å²) in [4.78, 5) is 30.0. The van der Waals surface area contributed by atoms with Crippen molar-refractivity contribution < 1.29 is 22.7 Å². The van der Waals surface area contributed by atoms with Crippen molar-refractivity contribution >= 4 is 28.2 Å². The number of piperazine rings is 1. The second kappa shape index (κ2) is 13.2. The second-order valence-corrected chi connectivity index (χ2v) is 12.4. The third-order valence-corrected chi connectivity index (χ3v) is 9.24. The number of allylic oxidation sites excluding steroid dienone is 1. The molecule has 2 atom stereocenters. The molecule has 0 N–H and O–H groups in total. The lowest BCUT2D eigenvalue weighted by Gasteiger charge is -2.42. The van der Waals surface area contributed by atoms with Gasteiger partial charge in [0.25, 0.3) is 5.92 Å². The van der Waals surface area contributed by atoms with Gasteiger partial charge in [0.05, 0.1) is 37.3 Å². The minimum absolute atomic E-state index is 0.0246. The number of likely N-dealkylation sites (tertiary alicyclic amines) is 1. The summed E-state index contributed by atoms with van der Waals surface area (Å²) >= 11 is 0. The fourth-order valence-corrected chi connectivity index (χ4v) is 6.96. The number of alkyl halides is 3. The molecular formula is C34H38F3N7O2. The number of halogens is 3. The maximum absolute atomic E-state index is 14.1. The summed E-state index contributed by atoms with van der Waals surface area (Å²) in [6.07, 6.45) is 2.86. The van der Waals surface area contributed by atoms with Gasteiger partial charge in [0.2, 0.25) is 5.91 Å². The lowest BCUT2D eigenvalue weighted by atomic mass is 9.99. The molecule has 46 heavy (non-hydrogen) atoms. The van der Waals surface area contributed by atoms with Gasteiger partial charge < -0.3 is 19.4 Å². The highest BCUT2D eigenvalue weighted by Crippen LogP contribution is 2.36. The Morgan fingerprint density at radius 3 is 2.67 bits per heavy atom. The van der Waals surface area contributed by atoms with E-state index >= 15 is 0 Å². The molecule has 0 unspecified atom stereocenters. The zero-order valence-corrected chi connectivity index (χ0v) is 26.1. The number of likely N-dealkylation sites (N-methyl/N-ethyl adjacent to an activating group) is 1. The first-order valence-corrected chi connectivity index (χ1v) is 15.7. The first-order valence-electron chi connectivity index (χ1n) is 15.7. The van der Waals surface area contributed by atoms with E-state index in [2.05, 4.69) is 59.2 Å². The molecule has 1 aromatic heterocycles. The SMILES string of the molecule is Cc1cccc2cccc(N3CCc4c(nc(OC[C@@H]5CC(F)(F)CN5C)nc4N4CCN(C(=O)/C=C/CF)[C@@H](CC#N)C4)C3)c12. The summed E-state index contributed by atoms with van der Waals surface area (Å²) in [6.45, 7) is 3.44. The van der Waals surface area contributed by atoms with Crippen LogP contribution < -0.4 is 14.5 Å². The van der Waals surface area contributed by atoms with Crippen LogP contribution >= 0.6 is 0 Å². The van der Waals surface area contributed by atoms with E-state index in [0.29, 0.717) is 38.4 Å². The van der Waals surface area contributed by atoms with Gasteiger partial charge in [0.15, 0.2) is 0 Å². The van der Waals surface area contributed by atoms with Crippen LogP contribution in [0.2, 0.25) is 0 Å². The number of hydrogen-bond acceptors (Lipinski definition) is 8. The number of nitriles is 1. The van der Waals surface area contributed by atoms with Crippen LogP contribution in [0.5, 0.6) is 6.01 Å². The molecule has 0 radical (unpaired) electrons. The molecular weight excluding hydrogens is 595 g/mol. The lowest BCUT2D eigenvalue weighted by Crippen LogP contribution is -2.55. The molecule has 0 bridgehead atoms. The van der Waals surface area contributed by atoms with Gasteiger partial charge in [-0.2, -0.15) is 15.2 Å². The number of carbonyl (C=O) groups excluding carboxylic acids is 1. The highest BCUT2D eigenvalue weighted by atomic mass is 19.3. The van der Waals surface area contributed by atoms with Crippen LogP contribution in [0.1, 0.15) is 29.7 Å². The van der Waals surface area contributed by atoms with Crippen molar-refractivity contribution in [3.63, 3.8) is 0 Å². The number of anilines is 2. The molecule has 1 amide bonds. The van der Waals surface area contributed by atoms with Gasteiger partial charge in [-0.25, -0.2) is 13.2 Å². The van der Waals surface area contributed by atoms with Crippen molar-refractivity contribution in [2.24, 2.45) is 0 Å². The Labute approximate surface area is 266 Å². The first-order chi connectivity index (χ1) is 22.2. The average molecular weight is 634 g/mol. The normalized spacial score (nSPS) is 21.5. The Morgan fingerprint density at radius 2 is 1.93 bits per heavy atom. The monoisotopic (exact) mass is 633 g/mol. The van der Waals surface area contributed by atoms with E-state index in [0.717, 1.165) is 28.9 Å². The van der Waals surface area contributed by atoms with Gasteiger partial charge in [-0.3, -0.25) is 9.69 Å². The van der Waals surface area contributed by atoms with E-state index in [1.165, 1.54) is 23.1 Å². The van der Waals surface area contributed by atoms with Crippen molar-refractivity contribution in [1.82, 2.24) is 19.8 Å². The highest BCUT2D eigenvalue weighted by Gasteiger charge is 2.43. The maximum atomic E-state index is 14.1. The smallest absolute Gasteiger partial charge is 0.318 e. The molecule has 2 fully saturated rings. The first kappa shape index (κ1) is 31.6. The van der Waals surface area contributed by atoms with Crippen LogP contribution in [-0.2, 0) is 17.8 Å².